The third kappa shape index (κ3) is 2.88. The number of esters is 1. The first-order valence-electron chi connectivity index (χ1n) is 5.79. The summed E-state index contributed by atoms with van der Waals surface area (Å²) < 4.78 is 5.55. The average Bonchev–Trinajstić information content (AvgIpc) is 2.40. The Morgan fingerprint density at radius 1 is 1.40 bits per heavy atom. The minimum Gasteiger partial charge on any atom is -0.493 e. The van der Waals surface area contributed by atoms with Gasteiger partial charge in [-0.2, -0.15) is 4.98 Å². The molecule has 0 saturated carbocycles. The van der Waals surface area contributed by atoms with Gasteiger partial charge in [-0.25, -0.2) is 4.79 Å². The molecule has 0 fully saturated rings. The summed E-state index contributed by atoms with van der Waals surface area (Å²) in [6.45, 7) is 1.78. The van der Waals surface area contributed by atoms with Crippen molar-refractivity contribution in [1.82, 2.24) is 9.97 Å². The normalized spacial score (nSPS) is 10.3. The highest BCUT2D eigenvalue weighted by molar-refractivity contribution is 9.10. The molecule has 2 N–H and O–H groups in total. The van der Waals surface area contributed by atoms with Crippen LogP contribution in [0.5, 0.6) is 5.88 Å². The van der Waals surface area contributed by atoms with E-state index in [-0.39, 0.29) is 18.0 Å². The van der Waals surface area contributed by atoms with Crippen LogP contribution in [0.15, 0.2) is 33.5 Å². The monoisotopic (exact) mass is 338 g/mol. The van der Waals surface area contributed by atoms with Crippen LogP contribution < -0.4 is 5.56 Å². The number of rotatable bonds is 3. The Hall–Kier alpha value is -2.15. The van der Waals surface area contributed by atoms with E-state index < -0.39 is 17.4 Å². The van der Waals surface area contributed by atoms with Gasteiger partial charge in [-0.05, 0) is 24.6 Å². The van der Waals surface area contributed by atoms with Crippen LogP contribution in [-0.2, 0) is 4.74 Å². The Kier molecular flexibility index (Phi) is 4.19. The van der Waals surface area contributed by atoms with Crippen molar-refractivity contribution in [2.75, 3.05) is 6.61 Å². The van der Waals surface area contributed by atoms with Crippen molar-refractivity contribution >= 4 is 21.9 Å². The van der Waals surface area contributed by atoms with E-state index in [0.29, 0.717) is 5.56 Å². The zero-order chi connectivity index (χ0) is 14.7. The number of benzene rings is 1. The highest BCUT2D eigenvalue weighted by Gasteiger charge is 2.17. The number of aromatic hydroxyl groups is 1. The van der Waals surface area contributed by atoms with Gasteiger partial charge in [0.05, 0.1) is 6.61 Å². The molecule has 2 rings (SSSR count). The van der Waals surface area contributed by atoms with E-state index >= 15 is 0 Å². The van der Waals surface area contributed by atoms with Crippen LogP contribution >= 0.6 is 15.9 Å². The number of ether oxygens (including phenoxy) is 1. The van der Waals surface area contributed by atoms with E-state index in [2.05, 4.69) is 25.9 Å². The summed E-state index contributed by atoms with van der Waals surface area (Å²) in [6.07, 6.45) is 0. The van der Waals surface area contributed by atoms with Crippen LogP contribution in [0.4, 0.5) is 0 Å². The summed E-state index contributed by atoms with van der Waals surface area (Å²) in [7, 11) is 0. The zero-order valence-corrected chi connectivity index (χ0v) is 12.1. The molecule has 0 saturated heterocycles. The van der Waals surface area contributed by atoms with Crippen LogP contribution in [-0.4, -0.2) is 27.7 Å². The number of halogens is 1. The topological polar surface area (TPSA) is 92.3 Å². The molecule has 0 aliphatic rings. The lowest BCUT2D eigenvalue weighted by Gasteiger charge is -2.06. The second-order valence-electron chi connectivity index (χ2n) is 3.84. The van der Waals surface area contributed by atoms with Crippen molar-refractivity contribution in [3.05, 3.63) is 44.9 Å². The highest BCUT2D eigenvalue weighted by Crippen LogP contribution is 2.24. The first-order valence-corrected chi connectivity index (χ1v) is 6.58. The number of carbonyl (C=O) groups excluding carboxylic acids is 1. The van der Waals surface area contributed by atoms with Gasteiger partial charge in [0.25, 0.3) is 5.56 Å². The summed E-state index contributed by atoms with van der Waals surface area (Å²) in [5.74, 6) is -1.63. The molecule has 0 atom stereocenters. The van der Waals surface area contributed by atoms with E-state index in [1.807, 2.05) is 0 Å². The third-order valence-electron chi connectivity index (χ3n) is 2.50. The van der Waals surface area contributed by atoms with Gasteiger partial charge < -0.3 is 14.8 Å². The molecule has 0 amide bonds. The van der Waals surface area contributed by atoms with Crippen molar-refractivity contribution in [2.45, 2.75) is 6.92 Å². The van der Waals surface area contributed by atoms with Gasteiger partial charge in [-0.3, -0.25) is 4.79 Å². The molecule has 1 aromatic heterocycles. The summed E-state index contributed by atoms with van der Waals surface area (Å²) >= 11 is 3.28. The first-order chi connectivity index (χ1) is 9.52. The van der Waals surface area contributed by atoms with Crippen molar-refractivity contribution < 1.29 is 14.6 Å². The van der Waals surface area contributed by atoms with E-state index in [1.54, 1.807) is 31.2 Å². The number of aromatic amines is 1. The SMILES string of the molecule is CCOC(=O)c1nc(O)c(-c2ccc(Br)cc2)c(=O)[nH]1. The molecule has 0 bridgehead atoms. The van der Waals surface area contributed by atoms with Crippen LogP contribution in [0.25, 0.3) is 11.1 Å². The molecule has 7 heteroatoms. The Labute approximate surface area is 122 Å². The molecule has 2 aromatic rings. The van der Waals surface area contributed by atoms with Crippen LogP contribution in [0, 0.1) is 0 Å². The van der Waals surface area contributed by atoms with E-state index in [0.717, 1.165) is 4.47 Å². The van der Waals surface area contributed by atoms with Crippen LogP contribution in [0.2, 0.25) is 0 Å². The number of nitrogens with one attached hydrogen (secondary N) is 1. The van der Waals surface area contributed by atoms with Crippen LogP contribution in [0.3, 0.4) is 0 Å². The van der Waals surface area contributed by atoms with Crippen molar-refractivity contribution in [3.8, 4) is 17.0 Å². The second kappa shape index (κ2) is 5.87. The lowest BCUT2D eigenvalue weighted by atomic mass is 10.1. The fraction of sp³-hybridized carbons (Fsp3) is 0.154. The molecule has 6 nitrogen and oxygen atoms in total. The molecular formula is C13H11BrN2O4. The van der Waals surface area contributed by atoms with Gasteiger partial charge in [0.15, 0.2) is 0 Å². The standard InChI is InChI=1S/C13H11BrN2O4/c1-2-20-13(19)10-15-11(17)9(12(18)16-10)7-3-5-8(14)6-4-7/h3-6H,2H2,1H3,(H2,15,16,17,18). The Morgan fingerprint density at radius 3 is 2.60 bits per heavy atom. The molecule has 104 valence electrons. The zero-order valence-electron chi connectivity index (χ0n) is 10.5. The maximum atomic E-state index is 12.0. The molecule has 1 heterocycles. The number of hydrogen-bond acceptors (Lipinski definition) is 5. The summed E-state index contributed by atoms with van der Waals surface area (Å²) in [5.41, 5.74) is -0.108. The number of carbonyl (C=O) groups is 1. The summed E-state index contributed by atoms with van der Waals surface area (Å²) in [4.78, 5) is 29.4. The molecule has 0 unspecified atom stereocenters. The van der Waals surface area contributed by atoms with Gasteiger partial charge in [-0.15, -0.1) is 0 Å². The van der Waals surface area contributed by atoms with E-state index in [4.69, 9.17) is 4.74 Å². The predicted octanol–water partition coefficient (Wildman–Crippen LogP) is 2.08. The van der Waals surface area contributed by atoms with Gasteiger partial charge >= 0.3 is 5.97 Å². The Morgan fingerprint density at radius 2 is 2.05 bits per heavy atom. The lowest BCUT2D eigenvalue weighted by Crippen LogP contribution is -2.19. The molecule has 0 spiro atoms. The first kappa shape index (κ1) is 14.3. The number of nitrogens with zero attached hydrogens (tertiary/aromatic N) is 1. The smallest absolute Gasteiger partial charge is 0.374 e. The van der Waals surface area contributed by atoms with Crippen molar-refractivity contribution in [2.24, 2.45) is 0 Å². The maximum Gasteiger partial charge on any atom is 0.374 e. The van der Waals surface area contributed by atoms with E-state index in [1.165, 1.54) is 0 Å². The molecule has 1 aromatic carbocycles. The minimum absolute atomic E-state index is 0.00514. The molecular weight excluding hydrogens is 328 g/mol. The fourth-order valence-corrected chi connectivity index (χ4v) is 1.90. The minimum atomic E-state index is -0.790. The number of aromatic nitrogens is 2. The summed E-state index contributed by atoms with van der Waals surface area (Å²) in [6, 6.07) is 6.77. The van der Waals surface area contributed by atoms with Gasteiger partial charge in [0, 0.05) is 4.47 Å². The maximum absolute atomic E-state index is 12.0. The quantitative estimate of drug-likeness (QED) is 0.836. The Balaban J connectivity index is 2.49. The fourth-order valence-electron chi connectivity index (χ4n) is 1.63. The van der Waals surface area contributed by atoms with Crippen molar-refractivity contribution in [3.63, 3.8) is 0 Å². The Bertz CT molecular complexity index is 695. The molecule has 20 heavy (non-hydrogen) atoms. The lowest BCUT2D eigenvalue weighted by molar-refractivity contribution is 0.0510. The molecule has 0 aliphatic heterocycles. The average molecular weight is 339 g/mol. The summed E-state index contributed by atoms with van der Waals surface area (Å²) in [5, 5.41) is 9.86. The van der Waals surface area contributed by atoms with Gasteiger partial charge in [-0.1, -0.05) is 28.1 Å². The van der Waals surface area contributed by atoms with Gasteiger partial charge in [0.1, 0.15) is 5.56 Å². The third-order valence-corrected chi connectivity index (χ3v) is 3.03. The molecule has 0 radical (unpaired) electrons. The predicted molar refractivity (Wildman–Crippen MR) is 75.6 cm³/mol. The number of hydrogen-bond donors (Lipinski definition) is 2. The largest absolute Gasteiger partial charge is 0.493 e. The second-order valence-corrected chi connectivity index (χ2v) is 4.76. The number of H-pyrrole nitrogens is 1. The van der Waals surface area contributed by atoms with Gasteiger partial charge in [0.2, 0.25) is 11.7 Å². The van der Waals surface area contributed by atoms with E-state index in [9.17, 15) is 14.7 Å². The molecule has 0 aliphatic carbocycles. The highest BCUT2D eigenvalue weighted by atomic mass is 79.9. The van der Waals surface area contributed by atoms with Crippen LogP contribution in [0.1, 0.15) is 17.5 Å². The van der Waals surface area contributed by atoms with Crippen molar-refractivity contribution in [1.29, 1.82) is 0 Å².